The normalized spacial score (nSPS) is 8.00. The molecule has 0 aliphatic rings. The molecular weight excluding hydrogens is 115 g/mol. The van der Waals surface area contributed by atoms with Crippen molar-refractivity contribution in [2.75, 3.05) is 0 Å². The van der Waals surface area contributed by atoms with E-state index in [9.17, 15) is 4.79 Å². The number of carbonyl (C=O) groups excluding carboxylic acids is 1. The van der Waals surface area contributed by atoms with Gasteiger partial charge in [0.05, 0.1) is 0 Å². The van der Waals surface area contributed by atoms with Gasteiger partial charge < -0.3 is 0 Å². The molecule has 0 amide bonds. The standard InChI is InChI=1S/C5H10O.K.H/c1-4(2)5(3)6;;/h4H,1-3H3;;. The van der Waals surface area contributed by atoms with Crippen molar-refractivity contribution >= 4 is 57.2 Å². The van der Waals surface area contributed by atoms with Crippen molar-refractivity contribution in [2.24, 2.45) is 5.92 Å². The predicted molar refractivity (Wildman–Crippen MR) is 32.7 cm³/mol. The molecule has 0 spiro atoms. The summed E-state index contributed by atoms with van der Waals surface area (Å²) >= 11 is 0. The molecule has 0 unspecified atom stereocenters. The van der Waals surface area contributed by atoms with Crippen LogP contribution in [0.15, 0.2) is 0 Å². The summed E-state index contributed by atoms with van der Waals surface area (Å²) in [6, 6.07) is 0. The first-order valence-electron chi connectivity index (χ1n) is 2.15. The van der Waals surface area contributed by atoms with Crippen molar-refractivity contribution in [3.63, 3.8) is 0 Å². The van der Waals surface area contributed by atoms with Crippen LogP contribution in [0.4, 0.5) is 0 Å². The molecule has 0 rings (SSSR count). The van der Waals surface area contributed by atoms with Crippen LogP contribution in [0.2, 0.25) is 0 Å². The van der Waals surface area contributed by atoms with Crippen LogP contribution in [-0.4, -0.2) is 57.2 Å². The van der Waals surface area contributed by atoms with Gasteiger partial charge in [-0.1, -0.05) is 13.8 Å². The Labute approximate surface area is 87.3 Å². The van der Waals surface area contributed by atoms with Crippen molar-refractivity contribution in [3.05, 3.63) is 0 Å². The Morgan fingerprint density at radius 1 is 1.43 bits per heavy atom. The number of hydrogen-bond acceptors (Lipinski definition) is 1. The van der Waals surface area contributed by atoms with Crippen LogP contribution >= 0.6 is 0 Å². The second-order valence-electron chi connectivity index (χ2n) is 1.77. The molecule has 0 aromatic rings. The minimum absolute atomic E-state index is 0. The van der Waals surface area contributed by atoms with Crippen molar-refractivity contribution in [3.8, 4) is 0 Å². The van der Waals surface area contributed by atoms with Crippen LogP contribution in [0.25, 0.3) is 0 Å². The SMILES string of the molecule is CC(=O)C(C)C.[KH]. The first-order chi connectivity index (χ1) is 2.64. The van der Waals surface area contributed by atoms with Gasteiger partial charge in [0.2, 0.25) is 0 Å². The molecule has 7 heavy (non-hydrogen) atoms. The number of hydrogen-bond donors (Lipinski definition) is 0. The van der Waals surface area contributed by atoms with Gasteiger partial charge in [-0.2, -0.15) is 0 Å². The Morgan fingerprint density at radius 3 is 1.57 bits per heavy atom. The van der Waals surface area contributed by atoms with Gasteiger partial charge in [-0.05, 0) is 6.92 Å². The van der Waals surface area contributed by atoms with E-state index in [0.717, 1.165) is 0 Å². The van der Waals surface area contributed by atoms with Gasteiger partial charge in [-0.15, -0.1) is 0 Å². The maximum atomic E-state index is 10.1. The summed E-state index contributed by atoms with van der Waals surface area (Å²) in [5, 5.41) is 0. The monoisotopic (exact) mass is 126 g/mol. The van der Waals surface area contributed by atoms with E-state index in [-0.39, 0.29) is 63.1 Å². The van der Waals surface area contributed by atoms with Crippen molar-refractivity contribution < 1.29 is 4.79 Å². The van der Waals surface area contributed by atoms with E-state index in [1.807, 2.05) is 13.8 Å². The zero-order valence-electron chi connectivity index (χ0n) is 4.49. The number of rotatable bonds is 1. The average Bonchev–Trinajstić information content (AvgIpc) is 1.36. The zero-order chi connectivity index (χ0) is 5.15. The van der Waals surface area contributed by atoms with E-state index in [1.54, 1.807) is 6.92 Å². The van der Waals surface area contributed by atoms with E-state index in [4.69, 9.17) is 0 Å². The summed E-state index contributed by atoms with van der Waals surface area (Å²) in [6.45, 7) is 5.38. The Morgan fingerprint density at radius 2 is 1.57 bits per heavy atom. The fourth-order valence-electron chi connectivity index (χ4n) is 0. The first-order valence-corrected chi connectivity index (χ1v) is 2.15. The molecule has 0 aliphatic heterocycles. The second kappa shape index (κ2) is 5.44. The zero-order valence-corrected chi connectivity index (χ0v) is 4.49. The molecule has 1 nitrogen and oxygen atoms in total. The third-order valence-electron chi connectivity index (χ3n) is 0.813. The van der Waals surface area contributed by atoms with Crippen molar-refractivity contribution in [2.45, 2.75) is 20.8 Å². The molecule has 0 aromatic carbocycles. The van der Waals surface area contributed by atoms with Gasteiger partial charge in [-0.3, -0.25) is 4.79 Å². The molecule has 2 heteroatoms. The summed E-state index contributed by atoms with van der Waals surface area (Å²) in [5.41, 5.74) is 0. The van der Waals surface area contributed by atoms with Gasteiger partial charge in [-0.25, -0.2) is 0 Å². The van der Waals surface area contributed by atoms with Crippen LogP contribution in [0, 0.1) is 5.92 Å². The molecule has 0 aromatic heterocycles. The van der Waals surface area contributed by atoms with Crippen molar-refractivity contribution in [1.82, 2.24) is 0 Å². The summed E-state index contributed by atoms with van der Waals surface area (Å²) in [7, 11) is 0. The summed E-state index contributed by atoms with van der Waals surface area (Å²) in [6.07, 6.45) is 0. The summed E-state index contributed by atoms with van der Waals surface area (Å²) in [5.74, 6) is 0.472. The van der Waals surface area contributed by atoms with Gasteiger partial charge >= 0.3 is 51.4 Å². The minimum atomic E-state index is 0. The van der Waals surface area contributed by atoms with Crippen LogP contribution in [-0.2, 0) is 4.79 Å². The number of carbonyl (C=O) groups is 1. The van der Waals surface area contributed by atoms with Gasteiger partial charge in [0.15, 0.2) is 0 Å². The predicted octanol–water partition coefficient (Wildman–Crippen LogP) is 0.583. The Hall–Kier alpha value is 1.31. The van der Waals surface area contributed by atoms with E-state index >= 15 is 0 Å². The molecule has 38 valence electrons. The molecule has 0 fully saturated rings. The topological polar surface area (TPSA) is 17.1 Å². The van der Waals surface area contributed by atoms with E-state index in [0.29, 0.717) is 0 Å². The quantitative estimate of drug-likeness (QED) is 0.470. The molecule has 0 bridgehead atoms. The number of ketones is 1. The molecule has 0 radical (unpaired) electrons. The van der Waals surface area contributed by atoms with Gasteiger partial charge in [0.1, 0.15) is 5.78 Å². The Balaban J connectivity index is 0. The van der Waals surface area contributed by atoms with Crippen LogP contribution in [0.1, 0.15) is 20.8 Å². The summed E-state index contributed by atoms with van der Waals surface area (Å²) < 4.78 is 0. The van der Waals surface area contributed by atoms with E-state index in [2.05, 4.69) is 0 Å². The Kier molecular flexibility index (Phi) is 8.67. The van der Waals surface area contributed by atoms with Gasteiger partial charge in [0, 0.05) is 5.92 Å². The molecule has 0 N–H and O–H groups in total. The Bertz CT molecular complexity index is 59.1. The van der Waals surface area contributed by atoms with Gasteiger partial charge in [0.25, 0.3) is 0 Å². The van der Waals surface area contributed by atoms with Crippen LogP contribution < -0.4 is 0 Å². The molecule has 0 atom stereocenters. The summed E-state index contributed by atoms with van der Waals surface area (Å²) in [4.78, 5) is 10.1. The first kappa shape index (κ1) is 11.1. The average molecular weight is 126 g/mol. The molecule has 0 saturated carbocycles. The van der Waals surface area contributed by atoms with Crippen LogP contribution in [0.5, 0.6) is 0 Å². The second-order valence-corrected chi connectivity index (χ2v) is 1.77. The fraction of sp³-hybridized carbons (Fsp3) is 0.800. The molecular formula is C5H11KO. The van der Waals surface area contributed by atoms with Crippen molar-refractivity contribution in [1.29, 1.82) is 0 Å². The molecule has 0 saturated heterocycles. The van der Waals surface area contributed by atoms with E-state index < -0.39 is 0 Å². The molecule has 0 aliphatic carbocycles. The fourth-order valence-corrected chi connectivity index (χ4v) is 0. The third-order valence-corrected chi connectivity index (χ3v) is 0.813. The number of Topliss-reactive ketones (excluding diaryl/α,β-unsaturated/α-hetero) is 1. The maximum absolute atomic E-state index is 10.1. The van der Waals surface area contributed by atoms with Crippen LogP contribution in [0.3, 0.4) is 0 Å². The van der Waals surface area contributed by atoms with E-state index in [1.165, 1.54) is 0 Å². The molecule has 0 heterocycles. The third kappa shape index (κ3) is 7.31.